The molecule has 0 aromatic heterocycles. The Morgan fingerprint density at radius 2 is 1.68 bits per heavy atom. The fourth-order valence-electron chi connectivity index (χ4n) is 1.69. The largest absolute Gasteiger partial charge is 0.365 e. The van der Waals surface area contributed by atoms with Crippen LogP contribution in [0.3, 0.4) is 0 Å². The summed E-state index contributed by atoms with van der Waals surface area (Å²) >= 11 is 5.93. The van der Waals surface area contributed by atoms with Crippen molar-refractivity contribution in [3.05, 3.63) is 64.7 Å². The molecule has 1 N–H and O–H groups in total. The SMILES string of the molecule is N#CC(Nc1ccccc1Cl)c1c(F)cccc1F. The molecule has 1 unspecified atom stereocenters. The van der Waals surface area contributed by atoms with Crippen molar-refractivity contribution >= 4 is 17.3 Å². The highest BCUT2D eigenvalue weighted by molar-refractivity contribution is 6.33. The number of benzene rings is 2. The summed E-state index contributed by atoms with van der Waals surface area (Å²) in [4.78, 5) is 0. The smallest absolute Gasteiger partial charge is 0.145 e. The highest BCUT2D eigenvalue weighted by Gasteiger charge is 2.20. The summed E-state index contributed by atoms with van der Waals surface area (Å²) in [5.74, 6) is -1.54. The second-order valence-corrected chi connectivity index (χ2v) is 4.23. The molecule has 0 aliphatic rings. The minimum Gasteiger partial charge on any atom is -0.365 e. The number of anilines is 1. The van der Waals surface area contributed by atoms with Crippen LogP contribution in [-0.4, -0.2) is 0 Å². The molecule has 1 atom stereocenters. The van der Waals surface area contributed by atoms with Gasteiger partial charge in [0, 0.05) is 0 Å². The summed E-state index contributed by atoms with van der Waals surface area (Å²) in [6.07, 6.45) is 0. The van der Waals surface area contributed by atoms with E-state index >= 15 is 0 Å². The van der Waals surface area contributed by atoms with Gasteiger partial charge in [-0.25, -0.2) is 8.78 Å². The zero-order valence-corrected chi connectivity index (χ0v) is 10.5. The Labute approximate surface area is 114 Å². The number of hydrogen-bond acceptors (Lipinski definition) is 2. The first-order valence-corrected chi connectivity index (χ1v) is 5.86. The molecule has 0 aliphatic carbocycles. The molecule has 2 nitrogen and oxygen atoms in total. The number of nitrogens with one attached hydrogen (secondary N) is 1. The molecule has 19 heavy (non-hydrogen) atoms. The first-order chi connectivity index (χ1) is 9.13. The van der Waals surface area contributed by atoms with E-state index in [-0.39, 0.29) is 5.56 Å². The van der Waals surface area contributed by atoms with Crippen molar-refractivity contribution < 1.29 is 8.78 Å². The third-order valence-electron chi connectivity index (χ3n) is 2.59. The number of nitriles is 1. The third-order valence-corrected chi connectivity index (χ3v) is 2.92. The first kappa shape index (κ1) is 13.3. The Bertz CT molecular complexity index is 617. The topological polar surface area (TPSA) is 35.8 Å². The summed E-state index contributed by atoms with van der Waals surface area (Å²) in [5.41, 5.74) is 0.128. The molecule has 0 saturated heterocycles. The predicted molar refractivity (Wildman–Crippen MR) is 69.8 cm³/mol. The van der Waals surface area contributed by atoms with Gasteiger partial charge in [0.2, 0.25) is 0 Å². The quantitative estimate of drug-likeness (QED) is 0.909. The van der Waals surface area contributed by atoms with Gasteiger partial charge in [-0.3, -0.25) is 0 Å². The molecule has 2 rings (SSSR count). The standard InChI is InChI=1S/C14H9ClF2N2/c15-9-4-1-2-7-12(9)19-13(8-18)14-10(16)5-3-6-11(14)17/h1-7,13,19H. The lowest BCUT2D eigenvalue weighted by molar-refractivity contribution is 0.552. The van der Waals surface area contributed by atoms with Crippen molar-refractivity contribution in [2.24, 2.45) is 0 Å². The number of rotatable bonds is 3. The van der Waals surface area contributed by atoms with Crippen molar-refractivity contribution in [1.82, 2.24) is 0 Å². The number of para-hydroxylation sites is 1. The van der Waals surface area contributed by atoms with Crippen molar-refractivity contribution in [2.75, 3.05) is 5.32 Å². The maximum Gasteiger partial charge on any atom is 0.145 e. The molecule has 0 bridgehead atoms. The Balaban J connectivity index is 2.37. The molecule has 0 spiro atoms. The predicted octanol–water partition coefficient (Wildman–Crippen LogP) is 4.29. The maximum atomic E-state index is 13.6. The van der Waals surface area contributed by atoms with Gasteiger partial charge in [0.15, 0.2) is 0 Å². The number of halogens is 3. The average molecular weight is 279 g/mol. The van der Waals surface area contributed by atoms with Gasteiger partial charge in [-0.15, -0.1) is 0 Å². The zero-order valence-electron chi connectivity index (χ0n) is 9.70. The van der Waals surface area contributed by atoms with E-state index in [4.69, 9.17) is 16.9 Å². The summed E-state index contributed by atoms with van der Waals surface area (Å²) in [6.45, 7) is 0. The lowest BCUT2D eigenvalue weighted by Gasteiger charge is -2.15. The van der Waals surface area contributed by atoms with Gasteiger partial charge in [-0.1, -0.05) is 29.8 Å². The molecule has 0 amide bonds. The maximum absolute atomic E-state index is 13.6. The van der Waals surface area contributed by atoms with Crippen LogP contribution in [0.2, 0.25) is 5.02 Å². The van der Waals surface area contributed by atoms with Gasteiger partial charge in [-0.2, -0.15) is 5.26 Å². The number of nitrogens with zero attached hydrogens (tertiary/aromatic N) is 1. The van der Waals surface area contributed by atoms with Crippen molar-refractivity contribution in [3.63, 3.8) is 0 Å². The minimum atomic E-state index is -1.15. The molecule has 2 aromatic rings. The Morgan fingerprint density at radius 3 is 2.26 bits per heavy atom. The van der Waals surface area contributed by atoms with E-state index in [1.54, 1.807) is 24.3 Å². The highest BCUT2D eigenvalue weighted by Crippen LogP contribution is 2.28. The third kappa shape index (κ3) is 2.83. The van der Waals surface area contributed by atoms with E-state index in [2.05, 4.69) is 5.32 Å². The van der Waals surface area contributed by atoms with E-state index in [9.17, 15) is 8.78 Å². The van der Waals surface area contributed by atoms with Crippen molar-refractivity contribution in [3.8, 4) is 6.07 Å². The Kier molecular flexibility index (Phi) is 3.98. The Morgan fingerprint density at radius 1 is 1.05 bits per heavy atom. The van der Waals surface area contributed by atoms with Gasteiger partial charge in [0.1, 0.15) is 17.7 Å². The molecule has 2 aromatic carbocycles. The van der Waals surface area contributed by atoms with Crippen molar-refractivity contribution in [2.45, 2.75) is 6.04 Å². The van der Waals surface area contributed by atoms with Crippen LogP contribution in [0.15, 0.2) is 42.5 Å². The molecule has 0 aliphatic heterocycles. The molecular weight excluding hydrogens is 270 g/mol. The zero-order chi connectivity index (χ0) is 13.8. The van der Waals surface area contributed by atoms with Crippen LogP contribution in [0.5, 0.6) is 0 Å². The van der Waals surface area contributed by atoms with Gasteiger partial charge >= 0.3 is 0 Å². The second kappa shape index (κ2) is 5.68. The van der Waals surface area contributed by atoms with Crippen LogP contribution in [0, 0.1) is 23.0 Å². The summed E-state index contributed by atoms with van der Waals surface area (Å²) in [5, 5.41) is 12.2. The Hall–Kier alpha value is -2.12. The van der Waals surface area contributed by atoms with E-state index in [0.717, 1.165) is 12.1 Å². The lowest BCUT2D eigenvalue weighted by Crippen LogP contribution is -2.12. The van der Waals surface area contributed by atoms with E-state index in [0.29, 0.717) is 10.7 Å². The van der Waals surface area contributed by atoms with Crippen LogP contribution < -0.4 is 5.32 Å². The fourth-order valence-corrected chi connectivity index (χ4v) is 1.88. The normalized spacial score (nSPS) is 11.7. The molecular formula is C14H9ClF2N2. The molecule has 5 heteroatoms. The van der Waals surface area contributed by atoms with E-state index in [1.165, 1.54) is 6.07 Å². The molecule has 0 radical (unpaired) electrons. The van der Waals surface area contributed by atoms with Gasteiger partial charge in [0.05, 0.1) is 22.3 Å². The van der Waals surface area contributed by atoms with Gasteiger partial charge in [-0.05, 0) is 24.3 Å². The van der Waals surface area contributed by atoms with Crippen LogP contribution in [0.25, 0.3) is 0 Å². The summed E-state index contributed by atoms with van der Waals surface area (Å²) in [6, 6.07) is 10.8. The van der Waals surface area contributed by atoms with Crippen LogP contribution >= 0.6 is 11.6 Å². The second-order valence-electron chi connectivity index (χ2n) is 3.82. The van der Waals surface area contributed by atoms with E-state index < -0.39 is 17.7 Å². The summed E-state index contributed by atoms with van der Waals surface area (Å²) < 4.78 is 27.3. The fraction of sp³-hybridized carbons (Fsp3) is 0.0714. The van der Waals surface area contributed by atoms with Crippen LogP contribution in [0.1, 0.15) is 11.6 Å². The highest BCUT2D eigenvalue weighted by atomic mass is 35.5. The van der Waals surface area contributed by atoms with Crippen LogP contribution in [0.4, 0.5) is 14.5 Å². The molecule has 0 saturated carbocycles. The summed E-state index contributed by atoms with van der Waals surface area (Å²) in [7, 11) is 0. The van der Waals surface area contributed by atoms with E-state index in [1.807, 2.05) is 6.07 Å². The molecule has 0 fully saturated rings. The number of hydrogen-bond donors (Lipinski definition) is 1. The molecule has 0 heterocycles. The van der Waals surface area contributed by atoms with Gasteiger partial charge in [0.25, 0.3) is 0 Å². The monoisotopic (exact) mass is 278 g/mol. The molecule has 96 valence electrons. The minimum absolute atomic E-state index is 0.315. The first-order valence-electron chi connectivity index (χ1n) is 5.48. The van der Waals surface area contributed by atoms with Crippen molar-refractivity contribution in [1.29, 1.82) is 5.26 Å². The lowest BCUT2D eigenvalue weighted by atomic mass is 10.1. The average Bonchev–Trinajstić information content (AvgIpc) is 2.39. The van der Waals surface area contributed by atoms with Crippen LogP contribution in [-0.2, 0) is 0 Å². The van der Waals surface area contributed by atoms with Gasteiger partial charge < -0.3 is 5.32 Å².